The Hall–Kier alpha value is -6.79. The lowest BCUT2D eigenvalue weighted by Gasteiger charge is -2.25. The van der Waals surface area contributed by atoms with Crippen molar-refractivity contribution in [3.63, 3.8) is 0 Å². The highest BCUT2D eigenvalue weighted by Gasteiger charge is 2.24. The Morgan fingerprint density at radius 1 is 0.417 bits per heavy atom. The molecule has 290 valence electrons. The van der Waals surface area contributed by atoms with Crippen molar-refractivity contribution in [1.82, 2.24) is 0 Å². The Labute approximate surface area is 354 Å². The molecule has 0 unspecified atom stereocenters. The van der Waals surface area contributed by atoms with E-state index in [9.17, 15) is 4.57 Å². The van der Waals surface area contributed by atoms with Gasteiger partial charge in [-0.3, -0.25) is 0 Å². The molecule has 0 aliphatic heterocycles. The summed E-state index contributed by atoms with van der Waals surface area (Å²) in [7, 11) is -2.47. The van der Waals surface area contributed by atoms with E-state index in [0.29, 0.717) is 0 Å². The van der Waals surface area contributed by atoms with Crippen LogP contribution < -0.4 is 5.30 Å². The van der Waals surface area contributed by atoms with E-state index in [0.717, 1.165) is 22.0 Å². The molecule has 0 saturated carbocycles. The summed E-state index contributed by atoms with van der Waals surface area (Å²) in [6.45, 7) is 8.02. The van der Waals surface area contributed by atoms with Crippen LogP contribution in [0.5, 0.6) is 0 Å². The Morgan fingerprint density at radius 2 is 0.850 bits per heavy atom. The highest BCUT2D eigenvalue weighted by Crippen LogP contribution is 2.50. The van der Waals surface area contributed by atoms with Crippen LogP contribution in [0.25, 0.3) is 93.9 Å². The molecule has 60 heavy (non-hydrogen) atoms. The third-order valence-corrected chi connectivity index (χ3v) is 13.1. The minimum Gasteiger partial charge on any atom is -0.319 e. The van der Waals surface area contributed by atoms with Crippen molar-refractivity contribution in [1.29, 1.82) is 0 Å². The van der Waals surface area contributed by atoms with Gasteiger partial charge in [-0.25, -0.2) is 0 Å². The van der Waals surface area contributed by atoms with Gasteiger partial charge in [0, 0.05) is 5.30 Å². The molecule has 9 rings (SSSR count). The minimum absolute atomic E-state index is 0.891. The third-order valence-electron chi connectivity index (χ3n) is 11.6. The average Bonchev–Trinajstić information content (AvgIpc) is 3.30. The van der Waals surface area contributed by atoms with Crippen molar-refractivity contribution in [2.24, 2.45) is 0 Å². The second kappa shape index (κ2) is 16.5. The number of hydrogen-bond donors (Lipinski definition) is 0. The van der Waals surface area contributed by atoms with Gasteiger partial charge in [0.2, 0.25) is 0 Å². The Balaban J connectivity index is 1.37. The van der Waals surface area contributed by atoms with E-state index < -0.39 is 7.14 Å². The van der Waals surface area contributed by atoms with Crippen LogP contribution in [0.15, 0.2) is 212 Å². The van der Waals surface area contributed by atoms with Crippen LogP contribution in [0, 0.1) is 0 Å². The first-order valence-electron chi connectivity index (χ1n) is 20.7. The molecule has 0 amide bonds. The van der Waals surface area contributed by atoms with Crippen LogP contribution in [0.3, 0.4) is 0 Å². The van der Waals surface area contributed by atoms with E-state index in [4.69, 9.17) is 0 Å². The molecule has 0 N–H and O–H groups in total. The second-order valence-electron chi connectivity index (χ2n) is 15.9. The quantitative estimate of drug-likeness (QED) is 0.0808. The molecule has 0 bridgehead atoms. The molecule has 9 aromatic carbocycles. The predicted octanol–water partition coefficient (Wildman–Crippen LogP) is 16.2. The first-order chi connectivity index (χ1) is 29.3. The van der Waals surface area contributed by atoms with E-state index in [1.54, 1.807) is 0 Å². The Kier molecular flexibility index (Phi) is 10.6. The SMILES string of the molecule is C/C=C\C=C(/C)c1c(-c2cccc(-c3c4ccccc4c(-c4cccc(P(C)(C)=O)c4)c4ccccc34)c2)cc(-c2ccccc2)c(-c2ccccc2)c1-c1ccccc1. The molecular formula is C58H47OP. The molecular weight excluding hydrogens is 744 g/mol. The molecule has 1 nitrogen and oxygen atoms in total. The van der Waals surface area contributed by atoms with Crippen LogP contribution in [0.2, 0.25) is 0 Å². The fourth-order valence-corrected chi connectivity index (χ4v) is 9.77. The summed E-state index contributed by atoms with van der Waals surface area (Å²) in [6.07, 6.45) is 6.49. The fraction of sp³-hybridized carbons (Fsp3) is 0.0690. The maximum absolute atomic E-state index is 13.3. The predicted molar refractivity (Wildman–Crippen MR) is 262 cm³/mol. The monoisotopic (exact) mass is 790 g/mol. The second-order valence-corrected chi connectivity index (χ2v) is 19.1. The Bertz CT molecular complexity index is 3070. The van der Waals surface area contributed by atoms with Gasteiger partial charge in [0.1, 0.15) is 7.14 Å². The average molecular weight is 791 g/mol. The molecule has 0 fully saturated rings. The van der Waals surface area contributed by atoms with Gasteiger partial charge in [-0.2, -0.15) is 0 Å². The minimum atomic E-state index is -2.47. The molecule has 0 saturated heterocycles. The maximum Gasteiger partial charge on any atom is 0.109 e. The third kappa shape index (κ3) is 7.28. The van der Waals surface area contributed by atoms with Crippen molar-refractivity contribution < 1.29 is 4.57 Å². The van der Waals surface area contributed by atoms with Crippen LogP contribution in [0.4, 0.5) is 0 Å². The molecule has 9 aromatic rings. The van der Waals surface area contributed by atoms with E-state index in [1.165, 1.54) is 82.8 Å². The molecule has 0 radical (unpaired) electrons. The van der Waals surface area contributed by atoms with Crippen molar-refractivity contribution in [3.8, 4) is 66.8 Å². The number of fused-ring (bicyclic) bond motifs is 2. The lowest BCUT2D eigenvalue weighted by Crippen LogP contribution is -2.02. The highest BCUT2D eigenvalue weighted by atomic mass is 31.2. The van der Waals surface area contributed by atoms with Gasteiger partial charge in [0.25, 0.3) is 0 Å². The maximum atomic E-state index is 13.3. The van der Waals surface area contributed by atoms with E-state index in [1.807, 2.05) is 25.5 Å². The van der Waals surface area contributed by atoms with Crippen molar-refractivity contribution >= 4 is 39.6 Å². The zero-order valence-corrected chi connectivity index (χ0v) is 35.5. The van der Waals surface area contributed by atoms with Crippen LogP contribution in [-0.2, 0) is 4.57 Å². The summed E-state index contributed by atoms with van der Waals surface area (Å²) in [4.78, 5) is 0. The fourth-order valence-electron chi connectivity index (χ4n) is 8.88. The summed E-state index contributed by atoms with van der Waals surface area (Å²) in [5.41, 5.74) is 16.5. The van der Waals surface area contributed by atoms with Gasteiger partial charge in [-0.05, 0) is 145 Å². The molecule has 2 heteroatoms. The van der Waals surface area contributed by atoms with Crippen molar-refractivity contribution in [3.05, 3.63) is 218 Å². The molecule has 0 aliphatic rings. The van der Waals surface area contributed by atoms with Crippen LogP contribution in [-0.4, -0.2) is 13.3 Å². The van der Waals surface area contributed by atoms with Gasteiger partial charge in [-0.15, -0.1) is 0 Å². The van der Waals surface area contributed by atoms with Crippen LogP contribution >= 0.6 is 7.14 Å². The first-order valence-corrected chi connectivity index (χ1v) is 23.3. The van der Waals surface area contributed by atoms with Crippen molar-refractivity contribution in [2.75, 3.05) is 13.3 Å². The largest absolute Gasteiger partial charge is 0.319 e. The van der Waals surface area contributed by atoms with Crippen molar-refractivity contribution in [2.45, 2.75) is 13.8 Å². The van der Waals surface area contributed by atoms with Gasteiger partial charge < -0.3 is 4.57 Å². The standard InChI is InChI=1S/C58H47OP/c1-5-6-22-40(2)54-53(39-52(41-23-10-7-11-24-41)57(42-25-12-8-13-26-42)58(54)43-27-14-9-15-28-43)44-29-20-30-45(37-44)55-48-33-16-18-35-50(48)56(51-36-19-17-34-49(51)55)46-31-21-32-47(38-46)60(3,4)59/h5-39H,1-4H3/b6-5-,40-22+. The molecule has 0 atom stereocenters. The summed E-state index contributed by atoms with van der Waals surface area (Å²) >= 11 is 0. The summed E-state index contributed by atoms with van der Waals surface area (Å²) in [6, 6.07) is 70.0. The highest BCUT2D eigenvalue weighted by molar-refractivity contribution is 7.70. The Morgan fingerprint density at radius 3 is 1.37 bits per heavy atom. The molecule has 0 aromatic heterocycles. The molecule has 0 spiro atoms. The summed E-state index contributed by atoms with van der Waals surface area (Å²) in [5.74, 6) is 0. The van der Waals surface area contributed by atoms with Gasteiger partial charge >= 0.3 is 0 Å². The number of benzene rings is 9. The van der Waals surface area contributed by atoms with Crippen LogP contribution in [0.1, 0.15) is 19.4 Å². The lowest BCUT2D eigenvalue weighted by molar-refractivity contribution is 0.588. The van der Waals surface area contributed by atoms with E-state index in [-0.39, 0.29) is 0 Å². The smallest absolute Gasteiger partial charge is 0.109 e. The number of allylic oxidation sites excluding steroid dienone is 4. The van der Waals surface area contributed by atoms with Gasteiger partial charge in [0.15, 0.2) is 0 Å². The molecule has 0 heterocycles. The summed E-state index contributed by atoms with van der Waals surface area (Å²) in [5, 5.41) is 5.60. The van der Waals surface area contributed by atoms with E-state index in [2.05, 4.69) is 214 Å². The molecule has 0 aliphatic carbocycles. The number of hydrogen-bond acceptors (Lipinski definition) is 1. The van der Waals surface area contributed by atoms with Gasteiger partial charge in [0.05, 0.1) is 0 Å². The summed E-state index contributed by atoms with van der Waals surface area (Å²) < 4.78 is 13.3. The lowest BCUT2D eigenvalue weighted by atomic mass is 9.78. The van der Waals surface area contributed by atoms with E-state index >= 15 is 0 Å². The first kappa shape index (κ1) is 38.7. The topological polar surface area (TPSA) is 17.1 Å². The normalized spacial score (nSPS) is 12.1. The zero-order valence-electron chi connectivity index (χ0n) is 34.6. The number of rotatable bonds is 9. The zero-order chi connectivity index (χ0) is 41.2. The van der Waals surface area contributed by atoms with Gasteiger partial charge in [-0.1, -0.05) is 194 Å².